The quantitative estimate of drug-likeness (QED) is 0.131. The smallest absolute Gasteiger partial charge is 0.255 e. The van der Waals surface area contributed by atoms with E-state index in [0.29, 0.717) is 58.8 Å². The average Bonchev–Trinajstić information content (AvgIpc) is 4.09. The minimum atomic E-state index is -0.755. The molecule has 16 heteroatoms. The van der Waals surface area contributed by atoms with Gasteiger partial charge in [-0.3, -0.25) is 19.2 Å². The van der Waals surface area contributed by atoms with Crippen molar-refractivity contribution < 1.29 is 36.7 Å². The first-order valence-corrected chi connectivity index (χ1v) is 24.0. The van der Waals surface area contributed by atoms with Crippen molar-refractivity contribution in [3.63, 3.8) is 0 Å². The first-order chi connectivity index (χ1) is 34.0. The Kier molecular flexibility index (Phi) is 11.9. The van der Waals surface area contributed by atoms with Gasteiger partial charge >= 0.3 is 0 Å². The molecule has 0 radical (unpaired) electrons. The number of carbonyl (C=O) groups is 4. The van der Waals surface area contributed by atoms with Crippen molar-refractivity contribution >= 4 is 23.6 Å². The Balaban J connectivity index is 0.000000152. The molecule has 2 saturated carbocycles. The highest BCUT2D eigenvalue weighted by Gasteiger charge is 2.40. The van der Waals surface area contributed by atoms with Crippen molar-refractivity contribution in [3.05, 3.63) is 164 Å². The topological polar surface area (TPSA) is 150 Å². The number of benzene rings is 4. The van der Waals surface area contributed by atoms with Gasteiger partial charge in [0.2, 0.25) is 11.8 Å². The van der Waals surface area contributed by atoms with Gasteiger partial charge in [-0.15, -0.1) is 0 Å². The van der Waals surface area contributed by atoms with Crippen LogP contribution in [0.2, 0.25) is 0 Å². The van der Waals surface area contributed by atoms with Gasteiger partial charge in [-0.1, -0.05) is 60.7 Å². The molecule has 2 aliphatic carbocycles. The van der Waals surface area contributed by atoms with Gasteiger partial charge in [-0.2, -0.15) is 0 Å². The molecule has 2 aromatic heterocycles. The second kappa shape index (κ2) is 18.5. The van der Waals surface area contributed by atoms with Crippen LogP contribution in [0.4, 0.5) is 17.6 Å². The number of hydrogen-bond acceptors (Lipinski definition) is 8. The van der Waals surface area contributed by atoms with Crippen molar-refractivity contribution in [2.45, 2.75) is 101 Å². The van der Waals surface area contributed by atoms with E-state index in [-0.39, 0.29) is 71.3 Å². The van der Waals surface area contributed by atoms with Crippen molar-refractivity contribution in [3.8, 4) is 22.8 Å². The highest BCUT2D eigenvalue weighted by molar-refractivity contribution is 6.00. The number of fused-ring (bicyclic) bond motifs is 2. The first-order valence-electron chi connectivity index (χ1n) is 24.0. The van der Waals surface area contributed by atoms with E-state index in [1.807, 2.05) is 58.3 Å². The molecule has 356 valence electrons. The van der Waals surface area contributed by atoms with Crippen LogP contribution in [0.3, 0.4) is 0 Å². The van der Waals surface area contributed by atoms with E-state index in [2.05, 4.69) is 30.6 Å². The number of hydrogen-bond donors (Lipinski definition) is 2. The molecule has 4 aliphatic heterocycles. The van der Waals surface area contributed by atoms with Crippen molar-refractivity contribution in [2.75, 3.05) is 13.1 Å². The van der Waals surface area contributed by atoms with Crippen LogP contribution >= 0.6 is 0 Å². The summed E-state index contributed by atoms with van der Waals surface area (Å²) in [5.74, 6) is -3.56. The molecule has 2 saturated heterocycles. The second-order valence-electron chi connectivity index (χ2n) is 18.9. The van der Waals surface area contributed by atoms with Crippen LogP contribution in [-0.2, 0) is 35.5 Å². The van der Waals surface area contributed by atoms with E-state index >= 15 is 0 Å². The third-order valence-corrected chi connectivity index (χ3v) is 14.8. The monoisotopic (exact) mass is 948 g/mol. The molecule has 6 aromatic rings. The molecule has 12 nitrogen and oxygen atoms in total. The minimum absolute atomic E-state index is 0.0740. The number of nitrogens with zero attached hydrogens (tertiary/aromatic N) is 6. The van der Waals surface area contributed by atoms with E-state index in [4.69, 9.17) is 0 Å². The molecule has 2 N–H and O–H groups in total. The number of amides is 4. The summed E-state index contributed by atoms with van der Waals surface area (Å²) >= 11 is 0. The molecule has 1 unspecified atom stereocenters. The molecule has 0 spiro atoms. The molecule has 4 amide bonds. The standard InChI is InChI=1S/2C27H24F2N4O2/c2*28-19-5-2-6-20(29)23(19)25-31-21(24-22(32-25)14-30-26(24)34)13-15-7-9-16(10-8-15)18-11-12-33(27(18)35)17-3-1-4-17/h2*2,5-10,17-18H,1,3-4,11-14H2,(H,30,34)/t18-;/m1./s1. The minimum Gasteiger partial charge on any atom is -0.346 e. The SMILES string of the molecule is O=C1NCc2nc(-c3c(F)cccc3F)nc(Cc3ccc(C4CCN(C5CCC5)C4=O)cc3)c21.O=C1NCc2nc(-c3c(F)cccc3F)nc(Cc3ccc([C@H]4CCN(C5CCC5)C4=O)cc3)c21. The number of halogens is 4. The highest BCUT2D eigenvalue weighted by atomic mass is 19.1. The third-order valence-electron chi connectivity index (χ3n) is 14.8. The Hall–Kier alpha value is -7.36. The van der Waals surface area contributed by atoms with Gasteiger partial charge in [0.1, 0.15) is 23.3 Å². The number of carbonyl (C=O) groups excluding carboxylic acids is 4. The summed E-state index contributed by atoms with van der Waals surface area (Å²) in [4.78, 5) is 72.2. The van der Waals surface area contributed by atoms with Crippen LogP contribution in [0, 0.1) is 23.3 Å². The third kappa shape index (κ3) is 8.36. The number of likely N-dealkylation sites (tertiary alicyclic amines) is 2. The summed E-state index contributed by atoms with van der Waals surface area (Å²) < 4.78 is 57.7. The zero-order valence-corrected chi connectivity index (χ0v) is 38.1. The Morgan fingerprint density at radius 2 is 0.843 bits per heavy atom. The lowest BCUT2D eigenvalue weighted by Crippen LogP contribution is -2.41. The van der Waals surface area contributed by atoms with E-state index in [9.17, 15) is 36.7 Å². The van der Waals surface area contributed by atoms with Gasteiger partial charge in [0.25, 0.3) is 11.8 Å². The number of rotatable bonds is 10. The number of aromatic nitrogens is 4. The van der Waals surface area contributed by atoms with E-state index in [1.165, 1.54) is 25.0 Å². The Morgan fingerprint density at radius 3 is 1.19 bits per heavy atom. The largest absolute Gasteiger partial charge is 0.346 e. The molecule has 2 atom stereocenters. The predicted molar refractivity (Wildman–Crippen MR) is 249 cm³/mol. The summed E-state index contributed by atoms with van der Waals surface area (Å²) in [6, 6.07) is 23.6. The van der Waals surface area contributed by atoms with Gasteiger partial charge < -0.3 is 20.4 Å². The molecular weight excluding hydrogens is 901 g/mol. The Morgan fingerprint density at radius 1 is 0.471 bits per heavy atom. The average molecular weight is 949 g/mol. The fourth-order valence-electron chi connectivity index (χ4n) is 10.6. The van der Waals surface area contributed by atoms with E-state index < -0.39 is 23.3 Å². The van der Waals surface area contributed by atoms with Gasteiger partial charge in [0.15, 0.2) is 11.6 Å². The molecule has 70 heavy (non-hydrogen) atoms. The maximum absolute atomic E-state index is 14.4. The molecule has 12 rings (SSSR count). The fraction of sp³-hybridized carbons (Fsp3) is 0.333. The van der Waals surface area contributed by atoms with Crippen LogP contribution < -0.4 is 10.6 Å². The van der Waals surface area contributed by atoms with Gasteiger partial charge in [-0.25, -0.2) is 37.5 Å². The van der Waals surface area contributed by atoms with Gasteiger partial charge in [0.05, 0.1) is 70.0 Å². The van der Waals surface area contributed by atoms with Crippen molar-refractivity contribution in [2.24, 2.45) is 0 Å². The molecule has 4 fully saturated rings. The maximum atomic E-state index is 14.4. The molecule has 4 aromatic carbocycles. The van der Waals surface area contributed by atoms with Crippen molar-refractivity contribution in [1.29, 1.82) is 0 Å². The molecule has 6 heterocycles. The molecular formula is C54H48F4N8O4. The van der Waals surface area contributed by atoms with Crippen LogP contribution in [0.5, 0.6) is 0 Å². The van der Waals surface area contributed by atoms with E-state index in [1.54, 1.807) is 0 Å². The predicted octanol–water partition coefficient (Wildman–Crippen LogP) is 8.25. The Labute approximate surface area is 401 Å². The van der Waals surface area contributed by atoms with Crippen LogP contribution in [0.15, 0.2) is 84.9 Å². The zero-order chi connectivity index (χ0) is 48.2. The Bertz CT molecular complexity index is 2840. The molecule has 0 bridgehead atoms. The van der Waals surface area contributed by atoms with E-state index in [0.717, 1.165) is 98.1 Å². The van der Waals surface area contributed by atoms with Crippen molar-refractivity contribution in [1.82, 2.24) is 40.4 Å². The fourth-order valence-corrected chi connectivity index (χ4v) is 10.6. The van der Waals surface area contributed by atoms with Crippen LogP contribution in [-0.4, -0.2) is 78.5 Å². The van der Waals surface area contributed by atoms with Crippen LogP contribution in [0.1, 0.15) is 129 Å². The summed E-state index contributed by atoms with van der Waals surface area (Å²) in [5, 5.41) is 5.44. The lowest BCUT2D eigenvalue weighted by atomic mass is 9.91. The highest BCUT2D eigenvalue weighted by Crippen LogP contribution is 2.38. The lowest BCUT2D eigenvalue weighted by molar-refractivity contribution is -0.133. The number of nitrogens with one attached hydrogen (secondary N) is 2. The summed E-state index contributed by atoms with van der Waals surface area (Å²) in [6.45, 7) is 2.00. The lowest BCUT2D eigenvalue weighted by Gasteiger charge is -2.34. The van der Waals surface area contributed by atoms with Gasteiger partial charge in [0, 0.05) is 38.0 Å². The molecule has 6 aliphatic rings. The summed E-state index contributed by atoms with van der Waals surface area (Å²) in [7, 11) is 0. The van der Waals surface area contributed by atoms with Crippen LogP contribution in [0.25, 0.3) is 22.8 Å². The summed E-state index contributed by atoms with van der Waals surface area (Å²) in [5.41, 5.74) is 5.56. The maximum Gasteiger partial charge on any atom is 0.255 e. The first kappa shape index (κ1) is 45.1. The normalized spacial score (nSPS) is 19.6. The second-order valence-corrected chi connectivity index (χ2v) is 18.9. The van der Waals surface area contributed by atoms with Gasteiger partial charge in [-0.05, 0) is 97.9 Å². The summed E-state index contributed by atoms with van der Waals surface area (Å²) in [6.07, 6.45) is 9.06. The zero-order valence-electron chi connectivity index (χ0n) is 38.1.